The lowest BCUT2D eigenvalue weighted by atomic mass is 10.1. The van der Waals surface area contributed by atoms with Crippen LogP contribution in [0.15, 0.2) is 53.4 Å². The number of hydrogen-bond acceptors (Lipinski definition) is 6. The molecule has 0 aliphatic carbocycles. The van der Waals surface area contributed by atoms with Gasteiger partial charge in [-0.1, -0.05) is 38.1 Å². The summed E-state index contributed by atoms with van der Waals surface area (Å²) in [4.78, 5) is 23.8. The molecular formula is C21H25FN2O6S. The van der Waals surface area contributed by atoms with E-state index in [2.05, 4.69) is 10.0 Å². The number of amides is 1. The molecule has 0 fully saturated rings. The fourth-order valence-electron chi connectivity index (χ4n) is 2.57. The second kappa shape index (κ2) is 10.9. The highest BCUT2D eigenvalue weighted by atomic mass is 32.2. The van der Waals surface area contributed by atoms with Crippen LogP contribution in [0.2, 0.25) is 0 Å². The second-order valence-corrected chi connectivity index (χ2v) is 8.69. The van der Waals surface area contributed by atoms with Crippen LogP contribution in [0.4, 0.5) is 4.39 Å². The molecule has 2 N–H and O–H groups in total. The van der Waals surface area contributed by atoms with E-state index in [-0.39, 0.29) is 6.54 Å². The number of halogens is 1. The molecule has 1 atom stereocenters. The smallest absolute Gasteiger partial charge is 0.324 e. The summed E-state index contributed by atoms with van der Waals surface area (Å²) >= 11 is 0. The van der Waals surface area contributed by atoms with E-state index in [4.69, 9.17) is 9.47 Å². The van der Waals surface area contributed by atoms with E-state index in [9.17, 15) is 22.4 Å². The van der Waals surface area contributed by atoms with Crippen LogP contribution in [0.25, 0.3) is 0 Å². The summed E-state index contributed by atoms with van der Waals surface area (Å²) in [5, 5.41) is 2.60. The molecule has 0 spiro atoms. The molecule has 0 heterocycles. The monoisotopic (exact) mass is 452 g/mol. The number of rotatable bonds is 10. The van der Waals surface area contributed by atoms with Crippen LogP contribution in [0.1, 0.15) is 19.4 Å². The highest BCUT2D eigenvalue weighted by Crippen LogP contribution is 2.16. The van der Waals surface area contributed by atoms with Gasteiger partial charge >= 0.3 is 5.97 Å². The molecule has 0 aliphatic heterocycles. The molecule has 2 aromatic carbocycles. The van der Waals surface area contributed by atoms with Crippen LogP contribution < -0.4 is 14.8 Å². The largest absolute Gasteiger partial charge is 0.497 e. The topological polar surface area (TPSA) is 111 Å². The summed E-state index contributed by atoms with van der Waals surface area (Å²) in [6.07, 6.45) is 0. The molecule has 2 rings (SSSR count). The molecule has 1 amide bonds. The third-order valence-corrected chi connectivity index (χ3v) is 5.80. The van der Waals surface area contributed by atoms with Crippen LogP contribution in [-0.2, 0) is 30.9 Å². The maximum absolute atomic E-state index is 13.9. The average Bonchev–Trinajstić information content (AvgIpc) is 2.74. The third kappa shape index (κ3) is 7.04. The maximum Gasteiger partial charge on any atom is 0.324 e. The van der Waals surface area contributed by atoms with Gasteiger partial charge in [-0.25, -0.2) is 12.8 Å². The van der Waals surface area contributed by atoms with Crippen LogP contribution >= 0.6 is 0 Å². The molecule has 0 aliphatic rings. The van der Waals surface area contributed by atoms with Crippen molar-refractivity contribution in [1.82, 2.24) is 10.0 Å². The Labute approximate surface area is 180 Å². The van der Waals surface area contributed by atoms with Crippen LogP contribution in [0.3, 0.4) is 0 Å². The quantitative estimate of drug-likeness (QED) is 0.534. The Balaban J connectivity index is 1.93. The molecule has 0 bridgehead atoms. The first kappa shape index (κ1) is 24.3. The van der Waals surface area contributed by atoms with Crippen LogP contribution in [-0.4, -0.2) is 40.1 Å². The number of esters is 1. The highest BCUT2D eigenvalue weighted by molar-refractivity contribution is 7.89. The Kier molecular flexibility index (Phi) is 8.52. The molecular weight excluding hydrogens is 427 g/mol. The van der Waals surface area contributed by atoms with Crippen molar-refractivity contribution in [2.24, 2.45) is 5.92 Å². The first-order chi connectivity index (χ1) is 14.6. The fourth-order valence-corrected chi connectivity index (χ4v) is 3.98. The normalized spacial score (nSPS) is 12.3. The van der Waals surface area contributed by atoms with Gasteiger partial charge in [0.1, 0.15) is 22.5 Å². The SMILES string of the molecule is COc1ccc(CNC(=O)COC(=O)[C@@H](NS(=O)(=O)c2ccccc2F)C(C)C)cc1. The number of methoxy groups -OCH3 is 1. The molecule has 8 nitrogen and oxygen atoms in total. The molecule has 10 heteroatoms. The zero-order valence-corrected chi connectivity index (χ0v) is 18.2. The van der Waals surface area contributed by atoms with Crippen molar-refractivity contribution in [2.45, 2.75) is 31.3 Å². The number of benzene rings is 2. The minimum Gasteiger partial charge on any atom is -0.497 e. The molecule has 0 aromatic heterocycles. The molecule has 2 aromatic rings. The van der Waals surface area contributed by atoms with E-state index >= 15 is 0 Å². The van der Waals surface area contributed by atoms with Crippen molar-refractivity contribution in [3.8, 4) is 5.75 Å². The number of hydrogen-bond donors (Lipinski definition) is 2. The lowest BCUT2D eigenvalue weighted by Gasteiger charge is -2.21. The Morgan fingerprint density at radius 2 is 1.71 bits per heavy atom. The Hall–Kier alpha value is -2.98. The minimum atomic E-state index is -4.31. The zero-order valence-electron chi connectivity index (χ0n) is 17.4. The van der Waals surface area contributed by atoms with Crippen molar-refractivity contribution in [2.75, 3.05) is 13.7 Å². The average molecular weight is 453 g/mol. The molecule has 0 radical (unpaired) electrons. The summed E-state index contributed by atoms with van der Waals surface area (Å²) in [7, 11) is -2.76. The second-order valence-electron chi connectivity index (χ2n) is 7.01. The standard InChI is InChI=1S/C21H25FN2O6S/c1-14(2)20(24-31(27,28)18-7-5-4-6-17(18)22)21(26)30-13-19(25)23-12-15-8-10-16(29-3)11-9-15/h4-11,14,20,24H,12-13H2,1-3H3,(H,23,25)/t20-/m0/s1. The first-order valence-corrected chi connectivity index (χ1v) is 11.0. The summed E-state index contributed by atoms with van der Waals surface area (Å²) in [5.74, 6) is -2.25. The van der Waals surface area contributed by atoms with E-state index in [0.29, 0.717) is 5.75 Å². The number of carbonyl (C=O) groups excluding carboxylic acids is 2. The predicted octanol–water partition coefficient (Wildman–Crippen LogP) is 2.00. The lowest BCUT2D eigenvalue weighted by Crippen LogP contribution is -2.46. The Morgan fingerprint density at radius 1 is 1.06 bits per heavy atom. The molecule has 0 saturated heterocycles. The number of carbonyl (C=O) groups is 2. The zero-order chi connectivity index (χ0) is 23.0. The van der Waals surface area contributed by atoms with Gasteiger partial charge in [0.25, 0.3) is 5.91 Å². The number of ether oxygens (including phenoxy) is 2. The van der Waals surface area contributed by atoms with Gasteiger partial charge in [-0.2, -0.15) is 4.72 Å². The van der Waals surface area contributed by atoms with E-state index in [1.54, 1.807) is 45.2 Å². The third-order valence-electron chi connectivity index (χ3n) is 4.32. The van der Waals surface area contributed by atoms with Gasteiger partial charge in [0.15, 0.2) is 6.61 Å². The predicted molar refractivity (Wildman–Crippen MR) is 111 cm³/mol. The van der Waals surface area contributed by atoms with Gasteiger partial charge in [-0.3, -0.25) is 9.59 Å². The van der Waals surface area contributed by atoms with E-state index < -0.39 is 51.2 Å². The Bertz CT molecular complexity index is 1010. The summed E-state index contributed by atoms with van der Waals surface area (Å²) in [6.45, 7) is 2.83. The van der Waals surface area contributed by atoms with Crippen molar-refractivity contribution in [3.05, 3.63) is 59.9 Å². The van der Waals surface area contributed by atoms with Gasteiger partial charge < -0.3 is 14.8 Å². The fraction of sp³-hybridized carbons (Fsp3) is 0.333. The van der Waals surface area contributed by atoms with Crippen LogP contribution in [0, 0.1) is 11.7 Å². The highest BCUT2D eigenvalue weighted by Gasteiger charge is 2.31. The van der Waals surface area contributed by atoms with Gasteiger partial charge in [-0.05, 0) is 35.7 Å². The molecule has 0 unspecified atom stereocenters. The van der Waals surface area contributed by atoms with Crippen molar-refractivity contribution < 1.29 is 31.9 Å². The minimum absolute atomic E-state index is 0.216. The lowest BCUT2D eigenvalue weighted by molar-refractivity contribution is -0.151. The van der Waals surface area contributed by atoms with Crippen molar-refractivity contribution in [1.29, 1.82) is 0 Å². The molecule has 168 valence electrons. The first-order valence-electron chi connectivity index (χ1n) is 9.47. The van der Waals surface area contributed by atoms with E-state index in [1.165, 1.54) is 12.1 Å². The van der Waals surface area contributed by atoms with Gasteiger partial charge in [0.05, 0.1) is 7.11 Å². The van der Waals surface area contributed by atoms with Crippen molar-refractivity contribution >= 4 is 21.9 Å². The maximum atomic E-state index is 13.9. The molecule has 31 heavy (non-hydrogen) atoms. The van der Waals surface area contributed by atoms with E-state index in [0.717, 1.165) is 17.7 Å². The summed E-state index contributed by atoms with van der Waals surface area (Å²) in [6, 6.07) is 10.6. The van der Waals surface area contributed by atoms with Crippen molar-refractivity contribution in [3.63, 3.8) is 0 Å². The van der Waals surface area contributed by atoms with Gasteiger partial charge in [0.2, 0.25) is 10.0 Å². The van der Waals surface area contributed by atoms with Gasteiger partial charge in [0, 0.05) is 6.54 Å². The summed E-state index contributed by atoms with van der Waals surface area (Å²) < 4.78 is 51.0. The summed E-state index contributed by atoms with van der Waals surface area (Å²) in [5.41, 5.74) is 0.818. The number of nitrogens with one attached hydrogen (secondary N) is 2. The number of sulfonamides is 1. The molecule has 0 saturated carbocycles. The van der Waals surface area contributed by atoms with E-state index in [1.807, 2.05) is 0 Å². The van der Waals surface area contributed by atoms with Crippen LogP contribution in [0.5, 0.6) is 5.75 Å². The Morgan fingerprint density at radius 3 is 2.29 bits per heavy atom. The van der Waals surface area contributed by atoms with Gasteiger partial charge in [-0.15, -0.1) is 0 Å².